The molecule has 2 N–H and O–H groups in total. The Morgan fingerprint density at radius 1 is 1.27 bits per heavy atom. The fourth-order valence-electron chi connectivity index (χ4n) is 2.58. The average Bonchev–Trinajstić information content (AvgIpc) is 2.52. The zero-order chi connectivity index (χ0) is 11.9. The van der Waals surface area contributed by atoms with E-state index in [9.17, 15) is 4.79 Å². The van der Waals surface area contributed by atoms with Crippen molar-refractivity contribution < 1.29 is 4.79 Å². The van der Waals surface area contributed by atoms with Crippen molar-refractivity contribution in [2.45, 2.75) is 34.6 Å². The second kappa shape index (κ2) is 3.78. The summed E-state index contributed by atoms with van der Waals surface area (Å²) in [6.07, 6.45) is 0. The average molecular weight is 212 g/mol. The van der Waals surface area contributed by atoms with E-state index in [-0.39, 0.29) is 22.7 Å². The normalized spacial score (nSPS) is 22.5. The van der Waals surface area contributed by atoms with Gasteiger partial charge in [0.2, 0.25) is 5.91 Å². The number of likely N-dealkylation sites (N-methyl/N-ethyl adjacent to an activating group) is 1. The Balaban J connectivity index is 2.71. The van der Waals surface area contributed by atoms with E-state index in [0.717, 1.165) is 6.54 Å². The van der Waals surface area contributed by atoms with Gasteiger partial charge in [0.05, 0.1) is 0 Å². The van der Waals surface area contributed by atoms with Gasteiger partial charge in [-0.2, -0.15) is 0 Å². The Kier molecular flexibility index (Phi) is 3.15. The number of carbonyl (C=O) groups excluding carboxylic acids is 1. The van der Waals surface area contributed by atoms with Crippen LogP contribution in [-0.4, -0.2) is 30.4 Å². The van der Waals surface area contributed by atoms with Crippen LogP contribution >= 0.6 is 0 Å². The molecule has 88 valence electrons. The summed E-state index contributed by atoms with van der Waals surface area (Å²) in [4.78, 5) is 14.1. The second-order valence-corrected chi connectivity index (χ2v) is 5.58. The first kappa shape index (κ1) is 12.5. The van der Waals surface area contributed by atoms with E-state index in [4.69, 9.17) is 5.73 Å². The molecule has 0 heterocycles. The molecule has 0 aromatic carbocycles. The van der Waals surface area contributed by atoms with Crippen molar-refractivity contribution in [1.29, 1.82) is 0 Å². The highest BCUT2D eigenvalue weighted by Gasteiger charge is 2.68. The summed E-state index contributed by atoms with van der Waals surface area (Å²) in [6.45, 7) is 12.7. The lowest BCUT2D eigenvalue weighted by molar-refractivity contribution is -0.133. The molecule has 1 rings (SSSR count). The number of hydrogen-bond donors (Lipinski definition) is 1. The molecule has 0 spiro atoms. The zero-order valence-corrected chi connectivity index (χ0v) is 10.6. The van der Waals surface area contributed by atoms with Gasteiger partial charge in [-0.1, -0.05) is 27.7 Å². The molecule has 1 fully saturated rings. The monoisotopic (exact) mass is 212 g/mol. The third kappa shape index (κ3) is 1.78. The highest BCUT2D eigenvalue weighted by molar-refractivity contribution is 5.84. The number of amides is 1. The Hall–Kier alpha value is -0.570. The summed E-state index contributed by atoms with van der Waals surface area (Å²) in [7, 11) is 0. The molecule has 0 aromatic heterocycles. The topological polar surface area (TPSA) is 46.3 Å². The van der Waals surface area contributed by atoms with Crippen LogP contribution in [0.4, 0.5) is 0 Å². The van der Waals surface area contributed by atoms with E-state index in [1.165, 1.54) is 0 Å². The van der Waals surface area contributed by atoms with Crippen LogP contribution in [-0.2, 0) is 4.79 Å². The molecule has 0 saturated heterocycles. The van der Waals surface area contributed by atoms with Crippen molar-refractivity contribution >= 4 is 5.91 Å². The SMILES string of the molecule is CCN(CCN)C(=O)C1C(C)(C)C1(C)C. The summed E-state index contributed by atoms with van der Waals surface area (Å²) in [5.74, 6) is 0.439. The molecule has 1 saturated carbocycles. The van der Waals surface area contributed by atoms with Crippen molar-refractivity contribution in [3.05, 3.63) is 0 Å². The summed E-state index contributed by atoms with van der Waals surface area (Å²) in [5, 5.41) is 0. The molecule has 0 unspecified atom stereocenters. The number of nitrogens with two attached hydrogens (primary N) is 1. The van der Waals surface area contributed by atoms with E-state index in [0.29, 0.717) is 13.1 Å². The molecule has 0 aromatic rings. The molecule has 3 heteroatoms. The van der Waals surface area contributed by atoms with Crippen LogP contribution in [0.15, 0.2) is 0 Å². The van der Waals surface area contributed by atoms with Crippen molar-refractivity contribution in [3.63, 3.8) is 0 Å². The van der Waals surface area contributed by atoms with Crippen LogP contribution in [0.2, 0.25) is 0 Å². The van der Waals surface area contributed by atoms with Gasteiger partial charge in [-0.15, -0.1) is 0 Å². The van der Waals surface area contributed by atoms with Gasteiger partial charge in [-0.3, -0.25) is 4.79 Å². The van der Waals surface area contributed by atoms with Crippen molar-refractivity contribution in [2.24, 2.45) is 22.5 Å². The van der Waals surface area contributed by atoms with Gasteiger partial charge in [-0.05, 0) is 17.8 Å². The molecule has 1 aliphatic rings. The first-order chi connectivity index (χ1) is 6.80. The van der Waals surface area contributed by atoms with Crippen LogP contribution < -0.4 is 5.73 Å². The van der Waals surface area contributed by atoms with Crippen LogP contribution in [0.25, 0.3) is 0 Å². The van der Waals surface area contributed by atoms with Gasteiger partial charge in [-0.25, -0.2) is 0 Å². The van der Waals surface area contributed by atoms with E-state index < -0.39 is 0 Å². The maximum atomic E-state index is 12.2. The maximum Gasteiger partial charge on any atom is 0.226 e. The quantitative estimate of drug-likeness (QED) is 0.767. The van der Waals surface area contributed by atoms with E-state index in [2.05, 4.69) is 27.7 Å². The lowest BCUT2D eigenvalue weighted by atomic mass is 10.0. The third-order valence-corrected chi connectivity index (χ3v) is 4.36. The van der Waals surface area contributed by atoms with Crippen LogP contribution in [0.1, 0.15) is 34.6 Å². The molecule has 0 radical (unpaired) electrons. The molecule has 1 aliphatic carbocycles. The molecular formula is C12H24N2O. The fraction of sp³-hybridized carbons (Fsp3) is 0.917. The Morgan fingerprint density at radius 2 is 1.73 bits per heavy atom. The number of carbonyl (C=O) groups is 1. The van der Waals surface area contributed by atoms with Crippen LogP contribution in [0, 0.1) is 16.7 Å². The maximum absolute atomic E-state index is 12.2. The number of nitrogens with zero attached hydrogens (tertiary/aromatic N) is 1. The summed E-state index contributed by atoms with van der Waals surface area (Å²) in [5.41, 5.74) is 5.77. The smallest absolute Gasteiger partial charge is 0.226 e. The number of hydrogen-bond acceptors (Lipinski definition) is 2. The standard InChI is InChI=1S/C12H24N2O/c1-6-14(8-7-13)10(15)9-11(2,3)12(9,4)5/h9H,6-8,13H2,1-5H3. The minimum absolute atomic E-state index is 0.131. The molecular weight excluding hydrogens is 188 g/mol. The largest absolute Gasteiger partial charge is 0.341 e. The molecule has 15 heavy (non-hydrogen) atoms. The van der Waals surface area contributed by atoms with Gasteiger partial charge >= 0.3 is 0 Å². The van der Waals surface area contributed by atoms with Crippen LogP contribution in [0.3, 0.4) is 0 Å². The molecule has 1 amide bonds. The first-order valence-electron chi connectivity index (χ1n) is 5.79. The predicted molar refractivity (Wildman–Crippen MR) is 62.4 cm³/mol. The minimum atomic E-state index is 0.131. The van der Waals surface area contributed by atoms with E-state index in [1.807, 2.05) is 11.8 Å². The first-order valence-corrected chi connectivity index (χ1v) is 5.79. The van der Waals surface area contributed by atoms with Crippen LogP contribution in [0.5, 0.6) is 0 Å². The lowest BCUT2D eigenvalue weighted by Gasteiger charge is -2.21. The Morgan fingerprint density at radius 3 is 2.00 bits per heavy atom. The van der Waals surface area contributed by atoms with Gasteiger partial charge in [0.1, 0.15) is 0 Å². The Labute approximate surface area is 93.0 Å². The number of rotatable bonds is 4. The third-order valence-electron chi connectivity index (χ3n) is 4.36. The molecule has 0 aliphatic heterocycles. The molecule has 0 atom stereocenters. The van der Waals surface area contributed by atoms with Crippen molar-refractivity contribution in [1.82, 2.24) is 4.90 Å². The predicted octanol–water partition coefficient (Wildman–Crippen LogP) is 1.48. The molecule has 3 nitrogen and oxygen atoms in total. The summed E-state index contributed by atoms with van der Waals surface area (Å²) in [6, 6.07) is 0. The fourth-order valence-corrected chi connectivity index (χ4v) is 2.58. The highest BCUT2D eigenvalue weighted by atomic mass is 16.2. The van der Waals surface area contributed by atoms with Gasteiger partial charge in [0.15, 0.2) is 0 Å². The summed E-state index contributed by atoms with van der Waals surface area (Å²) < 4.78 is 0. The minimum Gasteiger partial charge on any atom is -0.341 e. The van der Waals surface area contributed by atoms with E-state index in [1.54, 1.807) is 0 Å². The Bertz CT molecular complexity index is 244. The van der Waals surface area contributed by atoms with Gasteiger partial charge in [0.25, 0.3) is 0 Å². The van der Waals surface area contributed by atoms with Gasteiger partial charge in [0, 0.05) is 25.6 Å². The highest BCUT2D eigenvalue weighted by Crippen LogP contribution is 2.68. The zero-order valence-electron chi connectivity index (χ0n) is 10.6. The van der Waals surface area contributed by atoms with Gasteiger partial charge < -0.3 is 10.6 Å². The summed E-state index contributed by atoms with van der Waals surface area (Å²) >= 11 is 0. The van der Waals surface area contributed by atoms with E-state index >= 15 is 0 Å². The van der Waals surface area contributed by atoms with Crippen molar-refractivity contribution in [3.8, 4) is 0 Å². The molecule has 0 bridgehead atoms. The lowest BCUT2D eigenvalue weighted by Crippen LogP contribution is -2.37. The second-order valence-electron chi connectivity index (χ2n) is 5.58. The van der Waals surface area contributed by atoms with Crippen molar-refractivity contribution in [2.75, 3.05) is 19.6 Å².